The molecule has 4 heteroatoms. The highest BCUT2D eigenvalue weighted by molar-refractivity contribution is 5.26. The molecule has 2 aromatic rings. The third-order valence-electron chi connectivity index (χ3n) is 2.70. The predicted octanol–water partition coefficient (Wildman–Crippen LogP) is 1.99. The lowest BCUT2D eigenvalue weighted by Crippen LogP contribution is -2.09. The summed E-state index contributed by atoms with van der Waals surface area (Å²) in [5.41, 5.74) is 7.33. The lowest BCUT2D eigenvalue weighted by Gasteiger charge is -2.07. The molecule has 0 aliphatic rings. The van der Waals surface area contributed by atoms with Crippen LogP contribution < -0.4 is 15.9 Å². The summed E-state index contributed by atoms with van der Waals surface area (Å²) in [4.78, 5) is 11.7. The van der Waals surface area contributed by atoms with Crippen molar-refractivity contribution in [3.63, 3.8) is 0 Å². The van der Waals surface area contributed by atoms with Gasteiger partial charge in [-0.1, -0.05) is 24.3 Å². The Morgan fingerprint density at radius 1 is 1.33 bits per heavy atom. The van der Waals surface area contributed by atoms with Crippen LogP contribution in [0.4, 0.5) is 0 Å². The van der Waals surface area contributed by atoms with Crippen molar-refractivity contribution in [3.8, 4) is 5.75 Å². The van der Waals surface area contributed by atoms with E-state index in [1.807, 2.05) is 31.2 Å². The van der Waals surface area contributed by atoms with Crippen LogP contribution in [0.2, 0.25) is 0 Å². The molecule has 1 aromatic carbocycles. The molecule has 0 aliphatic carbocycles. The molecule has 0 aliphatic heterocycles. The van der Waals surface area contributed by atoms with Gasteiger partial charge < -0.3 is 14.9 Å². The van der Waals surface area contributed by atoms with E-state index in [1.165, 1.54) is 12.3 Å². The van der Waals surface area contributed by atoms with Crippen LogP contribution in [0.25, 0.3) is 0 Å². The van der Waals surface area contributed by atoms with Crippen LogP contribution in [0.5, 0.6) is 5.75 Å². The van der Waals surface area contributed by atoms with E-state index < -0.39 is 0 Å². The Balaban J connectivity index is 2.11. The molecule has 0 fully saturated rings. The Bertz CT molecular complexity index is 590. The Morgan fingerprint density at radius 2 is 2.11 bits per heavy atom. The van der Waals surface area contributed by atoms with Gasteiger partial charge in [-0.05, 0) is 18.1 Å². The van der Waals surface area contributed by atoms with E-state index in [-0.39, 0.29) is 17.7 Å². The molecule has 0 bridgehead atoms. The lowest BCUT2D eigenvalue weighted by atomic mass is 10.1. The van der Waals surface area contributed by atoms with E-state index in [9.17, 15) is 4.79 Å². The zero-order valence-corrected chi connectivity index (χ0v) is 10.2. The average Bonchev–Trinajstić information content (AvgIpc) is 2.39. The number of nitrogens with two attached hydrogens (primary N) is 1. The molecule has 0 radical (unpaired) electrons. The molecule has 0 atom stereocenters. The number of benzene rings is 1. The molecule has 2 rings (SSSR count). The minimum absolute atomic E-state index is 0.202. The highest BCUT2D eigenvalue weighted by atomic mass is 16.5. The van der Waals surface area contributed by atoms with Crippen LogP contribution in [0.3, 0.4) is 0 Å². The smallest absolute Gasteiger partial charge is 0.227 e. The first-order valence-electron chi connectivity index (χ1n) is 5.70. The minimum Gasteiger partial charge on any atom is -0.482 e. The van der Waals surface area contributed by atoms with Gasteiger partial charge in [0.25, 0.3) is 0 Å². The largest absolute Gasteiger partial charge is 0.482 e. The van der Waals surface area contributed by atoms with Crippen molar-refractivity contribution in [2.75, 3.05) is 0 Å². The number of ether oxygens (including phenoxy) is 1. The standard InChI is InChI=1S/C14H15NO3/c1-10-4-2-3-5-11(10)8-18-14-9-17-12(7-15)6-13(14)16/h2-6,9H,7-8,15H2,1H3. The van der Waals surface area contributed by atoms with Gasteiger partial charge >= 0.3 is 0 Å². The van der Waals surface area contributed by atoms with Gasteiger partial charge in [0.1, 0.15) is 18.6 Å². The number of rotatable bonds is 4. The molecular formula is C14H15NO3. The SMILES string of the molecule is Cc1ccccc1COc1coc(CN)cc1=O. The first-order chi connectivity index (χ1) is 8.70. The second-order valence-corrected chi connectivity index (χ2v) is 3.99. The van der Waals surface area contributed by atoms with Crippen LogP contribution in [0.15, 0.2) is 45.8 Å². The maximum atomic E-state index is 11.7. The van der Waals surface area contributed by atoms with E-state index in [4.69, 9.17) is 14.9 Å². The summed E-state index contributed by atoms with van der Waals surface area (Å²) < 4.78 is 10.6. The van der Waals surface area contributed by atoms with Crippen LogP contribution in [-0.4, -0.2) is 0 Å². The average molecular weight is 245 g/mol. The fourth-order valence-electron chi connectivity index (χ4n) is 1.58. The third kappa shape index (κ3) is 2.78. The van der Waals surface area contributed by atoms with Crippen molar-refractivity contribution in [1.82, 2.24) is 0 Å². The third-order valence-corrected chi connectivity index (χ3v) is 2.70. The molecule has 0 spiro atoms. The van der Waals surface area contributed by atoms with Crippen LogP contribution in [0.1, 0.15) is 16.9 Å². The van der Waals surface area contributed by atoms with Gasteiger partial charge in [0.2, 0.25) is 11.2 Å². The molecule has 2 N–H and O–H groups in total. The molecule has 94 valence electrons. The van der Waals surface area contributed by atoms with Crippen LogP contribution >= 0.6 is 0 Å². The second-order valence-electron chi connectivity index (χ2n) is 3.99. The molecular weight excluding hydrogens is 230 g/mol. The van der Waals surface area contributed by atoms with Crippen molar-refractivity contribution in [2.45, 2.75) is 20.1 Å². The molecule has 0 unspecified atom stereocenters. The van der Waals surface area contributed by atoms with Gasteiger partial charge in [-0.3, -0.25) is 4.79 Å². The summed E-state index contributed by atoms with van der Waals surface area (Å²) in [7, 11) is 0. The Kier molecular flexibility index (Phi) is 3.79. The van der Waals surface area contributed by atoms with Gasteiger partial charge in [0.05, 0.1) is 6.54 Å². The van der Waals surface area contributed by atoms with Gasteiger partial charge in [0.15, 0.2) is 0 Å². The summed E-state index contributed by atoms with van der Waals surface area (Å²) in [6.45, 7) is 2.55. The van der Waals surface area contributed by atoms with Gasteiger partial charge in [-0.25, -0.2) is 0 Å². The summed E-state index contributed by atoms with van der Waals surface area (Å²) in [6, 6.07) is 9.21. The number of hydrogen-bond donors (Lipinski definition) is 1. The van der Waals surface area contributed by atoms with E-state index >= 15 is 0 Å². The minimum atomic E-state index is -0.213. The molecule has 18 heavy (non-hydrogen) atoms. The van der Waals surface area contributed by atoms with Crippen molar-refractivity contribution in [1.29, 1.82) is 0 Å². The van der Waals surface area contributed by atoms with E-state index in [2.05, 4.69) is 0 Å². The van der Waals surface area contributed by atoms with E-state index in [0.29, 0.717) is 12.4 Å². The van der Waals surface area contributed by atoms with Gasteiger partial charge in [-0.2, -0.15) is 0 Å². The molecule has 0 amide bonds. The molecule has 0 saturated heterocycles. The monoisotopic (exact) mass is 245 g/mol. The van der Waals surface area contributed by atoms with Gasteiger partial charge in [-0.15, -0.1) is 0 Å². The fraction of sp³-hybridized carbons (Fsp3) is 0.214. The molecule has 1 heterocycles. The zero-order valence-electron chi connectivity index (χ0n) is 10.2. The van der Waals surface area contributed by atoms with Crippen molar-refractivity contribution < 1.29 is 9.15 Å². The Labute approximate surface area is 105 Å². The normalized spacial score (nSPS) is 10.3. The number of aryl methyl sites for hydroxylation is 1. The maximum absolute atomic E-state index is 11.7. The number of hydrogen-bond acceptors (Lipinski definition) is 4. The van der Waals surface area contributed by atoms with Gasteiger partial charge in [0, 0.05) is 6.07 Å². The summed E-state index contributed by atoms with van der Waals surface area (Å²) in [6.07, 6.45) is 1.31. The molecule has 1 aromatic heterocycles. The highest BCUT2D eigenvalue weighted by Crippen LogP contribution is 2.11. The maximum Gasteiger partial charge on any atom is 0.227 e. The molecule has 0 saturated carbocycles. The van der Waals surface area contributed by atoms with Crippen LogP contribution in [0, 0.1) is 6.92 Å². The topological polar surface area (TPSA) is 65.5 Å². The second kappa shape index (κ2) is 5.51. The summed E-state index contributed by atoms with van der Waals surface area (Å²) in [5.74, 6) is 0.652. The highest BCUT2D eigenvalue weighted by Gasteiger charge is 2.05. The summed E-state index contributed by atoms with van der Waals surface area (Å²) >= 11 is 0. The van der Waals surface area contributed by atoms with E-state index in [1.54, 1.807) is 0 Å². The first kappa shape index (κ1) is 12.4. The Morgan fingerprint density at radius 3 is 2.78 bits per heavy atom. The summed E-state index contributed by atoms with van der Waals surface area (Å²) in [5, 5.41) is 0. The van der Waals surface area contributed by atoms with Crippen molar-refractivity contribution in [2.24, 2.45) is 5.73 Å². The zero-order chi connectivity index (χ0) is 13.0. The van der Waals surface area contributed by atoms with Crippen molar-refractivity contribution in [3.05, 3.63) is 63.7 Å². The van der Waals surface area contributed by atoms with E-state index in [0.717, 1.165) is 11.1 Å². The van der Waals surface area contributed by atoms with Crippen molar-refractivity contribution >= 4 is 0 Å². The van der Waals surface area contributed by atoms with Crippen LogP contribution in [-0.2, 0) is 13.2 Å². The first-order valence-corrected chi connectivity index (χ1v) is 5.70. The predicted molar refractivity (Wildman–Crippen MR) is 68.4 cm³/mol. The quantitative estimate of drug-likeness (QED) is 0.894. The lowest BCUT2D eigenvalue weighted by molar-refractivity contribution is 0.289. The molecule has 4 nitrogen and oxygen atoms in total. The fourth-order valence-corrected chi connectivity index (χ4v) is 1.58. The Hall–Kier alpha value is -2.07.